The van der Waals surface area contributed by atoms with E-state index in [1.54, 1.807) is 11.3 Å². The van der Waals surface area contributed by atoms with Crippen molar-refractivity contribution in [2.45, 2.75) is 26.8 Å². The Labute approximate surface area is 121 Å². The van der Waals surface area contributed by atoms with Gasteiger partial charge in [0.2, 0.25) is 11.9 Å². The summed E-state index contributed by atoms with van der Waals surface area (Å²) in [4.78, 5) is 19.7. The first-order valence-electron chi connectivity index (χ1n) is 6.34. The predicted molar refractivity (Wildman–Crippen MR) is 79.0 cm³/mol. The average molecular weight is 294 g/mol. The molecule has 8 heteroatoms. The van der Waals surface area contributed by atoms with Crippen molar-refractivity contribution in [1.82, 2.24) is 19.9 Å². The van der Waals surface area contributed by atoms with Gasteiger partial charge in [0, 0.05) is 11.9 Å². The summed E-state index contributed by atoms with van der Waals surface area (Å²) >= 11 is 1.61. The Morgan fingerprint density at radius 3 is 2.80 bits per heavy atom. The average Bonchev–Trinajstić information content (AvgIpc) is 2.81. The molecule has 2 heterocycles. The highest BCUT2D eigenvalue weighted by Crippen LogP contribution is 2.18. The van der Waals surface area contributed by atoms with Crippen LogP contribution in [0.4, 0.5) is 11.9 Å². The summed E-state index contributed by atoms with van der Waals surface area (Å²) in [5.74, 6) is 0.658. The summed E-state index contributed by atoms with van der Waals surface area (Å²) in [5.41, 5.74) is 8.54. The molecule has 0 aliphatic carbocycles. The molecule has 7 nitrogen and oxygen atoms in total. The lowest BCUT2D eigenvalue weighted by atomic mass is 10.4. The molecule has 0 amide bonds. The van der Waals surface area contributed by atoms with Gasteiger partial charge < -0.3 is 15.4 Å². The van der Waals surface area contributed by atoms with E-state index in [0.717, 1.165) is 12.1 Å². The van der Waals surface area contributed by atoms with Crippen molar-refractivity contribution < 1.29 is 4.74 Å². The van der Waals surface area contributed by atoms with Crippen LogP contribution < -0.4 is 15.4 Å². The third-order valence-electron chi connectivity index (χ3n) is 2.62. The van der Waals surface area contributed by atoms with E-state index < -0.39 is 0 Å². The van der Waals surface area contributed by atoms with E-state index in [4.69, 9.17) is 10.5 Å². The van der Waals surface area contributed by atoms with Crippen LogP contribution in [0, 0.1) is 6.92 Å². The smallest absolute Gasteiger partial charge is 0.323 e. The van der Waals surface area contributed by atoms with Gasteiger partial charge in [0.25, 0.3) is 0 Å². The number of aromatic nitrogens is 4. The molecule has 0 bridgehead atoms. The number of aryl methyl sites for hydroxylation is 1. The van der Waals surface area contributed by atoms with E-state index in [2.05, 4.69) is 19.9 Å². The first-order valence-corrected chi connectivity index (χ1v) is 7.22. The van der Waals surface area contributed by atoms with E-state index in [0.29, 0.717) is 19.1 Å². The molecule has 2 N–H and O–H groups in total. The number of nitrogens with zero attached hydrogens (tertiary/aromatic N) is 5. The van der Waals surface area contributed by atoms with E-state index in [9.17, 15) is 0 Å². The van der Waals surface area contributed by atoms with E-state index in [-0.39, 0.29) is 12.0 Å². The largest absolute Gasteiger partial charge is 0.463 e. The van der Waals surface area contributed by atoms with Crippen LogP contribution in [0.3, 0.4) is 0 Å². The van der Waals surface area contributed by atoms with E-state index >= 15 is 0 Å². The highest BCUT2D eigenvalue weighted by atomic mass is 32.1. The molecule has 0 aliphatic heterocycles. The molecule has 0 fully saturated rings. The van der Waals surface area contributed by atoms with E-state index in [1.807, 2.05) is 31.3 Å². The number of rotatable bonds is 6. The van der Waals surface area contributed by atoms with Crippen LogP contribution in [0.1, 0.15) is 23.9 Å². The fourth-order valence-electron chi connectivity index (χ4n) is 1.55. The van der Waals surface area contributed by atoms with Gasteiger partial charge in [-0.2, -0.15) is 15.0 Å². The Hall–Kier alpha value is -1.96. The maximum atomic E-state index is 5.69. The quantitative estimate of drug-likeness (QED) is 0.866. The zero-order valence-electron chi connectivity index (χ0n) is 11.8. The van der Waals surface area contributed by atoms with Crippen LogP contribution >= 0.6 is 11.3 Å². The molecular formula is C12H18N6OS. The minimum atomic E-state index is 0.161. The number of nitrogen functional groups attached to an aromatic ring is 1. The summed E-state index contributed by atoms with van der Waals surface area (Å²) < 4.78 is 5.41. The minimum Gasteiger partial charge on any atom is -0.463 e. The van der Waals surface area contributed by atoms with Crippen molar-refractivity contribution in [2.75, 3.05) is 24.3 Å². The molecule has 2 aromatic rings. The standard InChI is InChI=1S/C12H18N6OS/c1-4-5-19-12-16-10(13)15-11(17-12)18(3)6-9-8(2)14-7-20-9/h7H,4-6H2,1-3H3,(H2,13,15,16,17). The van der Waals surface area contributed by atoms with Crippen molar-refractivity contribution in [2.24, 2.45) is 0 Å². The maximum Gasteiger partial charge on any atom is 0.323 e. The molecule has 0 aromatic carbocycles. The maximum absolute atomic E-state index is 5.69. The summed E-state index contributed by atoms with van der Waals surface area (Å²) in [5, 5.41) is 0. The van der Waals surface area contributed by atoms with Crippen LogP contribution in [0.25, 0.3) is 0 Å². The summed E-state index contributed by atoms with van der Waals surface area (Å²) in [7, 11) is 1.90. The molecule has 108 valence electrons. The highest BCUT2D eigenvalue weighted by Gasteiger charge is 2.12. The van der Waals surface area contributed by atoms with Gasteiger partial charge in [-0.1, -0.05) is 6.92 Å². The summed E-state index contributed by atoms with van der Waals surface area (Å²) in [6.07, 6.45) is 0.886. The SMILES string of the molecule is CCCOc1nc(N)nc(N(C)Cc2scnc2C)n1. The van der Waals surface area contributed by atoms with Crippen molar-refractivity contribution in [3.05, 3.63) is 16.1 Å². The molecule has 0 spiro atoms. The van der Waals surface area contributed by atoms with Crippen LogP contribution in [0.15, 0.2) is 5.51 Å². The molecule has 0 saturated heterocycles. The Balaban J connectivity index is 2.14. The first kappa shape index (κ1) is 14.4. The topological polar surface area (TPSA) is 90.0 Å². The van der Waals surface area contributed by atoms with Crippen molar-refractivity contribution in [3.8, 4) is 6.01 Å². The first-order chi connectivity index (χ1) is 9.60. The number of anilines is 2. The summed E-state index contributed by atoms with van der Waals surface area (Å²) in [6, 6.07) is 0.266. The highest BCUT2D eigenvalue weighted by molar-refractivity contribution is 7.09. The molecule has 0 saturated carbocycles. The number of hydrogen-bond donors (Lipinski definition) is 1. The molecule has 2 aromatic heterocycles. The molecule has 0 aliphatic rings. The molecule has 0 atom stereocenters. The van der Waals surface area contributed by atoms with Gasteiger partial charge in [-0.3, -0.25) is 0 Å². The van der Waals surface area contributed by atoms with E-state index in [1.165, 1.54) is 4.88 Å². The van der Waals surface area contributed by atoms with Crippen molar-refractivity contribution >= 4 is 23.2 Å². The summed E-state index contributed by atoms with van der Waals surface area (Å²) in [6.45, 7) is 5.23. The Kier molecular flexibility index (Phi) is 4.67. The number of ether oxygens (including phenoxy) is 1. The second-order valence-corrected chi connectivity index (χ2v) is 5.28. The Morgan fingerprint density at radius 1 is 1.35 bits per heavy atom. The third kappa shape index (κ3) is 3.53. The van der Waals surface area contributed by atoms with Crippen LogP contribution in [-0.4, -0.2) is 33.6 Å². The Morgan fingerprint density at radius 2 is 2.15 bits per heavy atom. The normalized spacial score (nSPS) is 10.6. The fraction of sp³-hybridized carbons (Fsp3) is 0.500. The van der Waals surface area contributed by atoms with Gasteiger partial charge >= 0.3 is 6.01 Å². The van der Waals surface area contributed by atoms with Crippen LogP contribution in [-0.2, 0) is 6.54 Å². The molecule has 0 unspecified atom stereocenters. The third-order valence-corrected chi connectivity index (χ3v) is 3.54. The fourth-order valence-corrected chi connectivity index (χ4v) is 2.38. The number of thiazole rings is 1. The van der Waals surface area contributed by atoms with Crippen LogP contribution in [0.5, 0.6) is 6.01 Å². The predicted octanol–water partition coefficient (Wildman–Crippen LogP) is 1.64. The lowest BCUT2D eigenvalue weighted by molar-refractivity contribution is 0.292. The van der Waals surface area contributed by atoms with Gasteiger partial charge in [-0.15, -0.1) is 11.3 Å². The monoisotopic (exact) mass is 294 g/mol. The van der Waals surface area contributed by atoms with Gasteiger partial charge in [-0.25, -0.2) is 4.98 Å². The van der Waals surface area contributed by atoms with Gasteiger partial charge in [0.15, 0.2) is 0 Å². The van der Waals surface area contributed by atoms with Gasteiger partial charge in [0.1, 0.15) is 0 Å². The van der Waals surface area contributed by atoms with Gasteiger partial charge in [-0.05, 0) is 13.3 Å². The molecular weight excluding hydrogens is 276 g/mol. The number of nitrogens with two attached hydrogens (primary N) is 1. The zero-order chi connectivity index (χ0) is 14.5. The lowest BCUT2D eigenvalue weighted by Crippen LogP contribution is -2.20. The Bertz CT molecular complexity index is 573. The lowest BCUT2D eigenvalue weighted by Gasteiger charge is -2.17. The van der Waals surface area contributed by atoms with Crippen LogP contribution in [0.2, 0.25) is 0 Å². The number of hydrogen-bond acceptors (Lipinski definition) is 8. The molecule has 20 heavy (non-hydrogen) atoms. The molecule has 2 rings (SSSR count). The second-order valence-electron chi connectivity index (χ2n) is 4.34. The zero-order valence-corrected chi connectivity index (χ0v) is 12.6. The van der Waals surface area contributed by atoms with Crippen molar-refractivity contribution in [1.29, 1.82) is 0 Å². The minimum absolute atomic E-state index is 0.161. The second kappa shape index (κ2) is 6.47. The van der Waals surface area contributed by atoms with Crippen molar-refractivity contribution in [3.63, 3.8) is 0 Å². The van der Waals surface area contributed by atoms with Gasteiger partial charge in [0.05, 0.1) is 24.4 Å². The molecule has 0 radical (unpaired) electrons.